The molecule has 1 aromatic heterocycles. The minimum absolute atomic E-state index is 0.268. The summed E-state index contributed by atoms with van der Waals surface area (Å²) >= 11 is 9.50. The van der Waals surface area contributed by atoms with Gasteiger partial charge in [-0.15, -0.1) is 0 Å². The lowest BCUT2D eigenvalue weighted by Crippen LogP contribution is -2.15. The third-order valence-corrected chi connectivity index (χ3v) is 4.39. The summed E-state index contributed by atoms with van der Waals surface area (Å²) in [6, 6.07) is 14.7. The molecule has 1 N–H and O–H groups in total. The highest BCUT2D eigenvalue weighted by molar-refractivity contribution is 9.10. The summed E-state index contributed by atoms with van der Waals surface area (Å²) in [5, 5.41) is 7.81. The first-order valence-corrected chi connectivity index (χ1v) is 8.52. The third kappa shape index (κ3) is 3.37. The molecule has 2 aromatic carbocycles. The van der Waals surface area contributed by atoms with E-state index < -0.39 is 0 Å². The molecule has 3 aromatic rings. The van der Waals surface area contributed by atoms with Gasteiger partial charge in [0.25, 0.3) is 5.91 Å². The molecule has 0 unspecified atom stereocenters. The summed E-state index contributed by atoms with van der Waals surface area (Å²) in [5.41, 5.74) is 3.81. The lowest BCUT2D eigenvalue weighted by molar-refractivity contribution is 0.102. The number of aryl methyl sites for hydroxylation is 2. The van der Waals surface area contributed by atoms with Gasteiger partial charge in [0.05, 0.1) is 27.7 Å². The number of halogens is 2. The van der Waals surface area contributed by atoms with Crippen molar-refractivity contribution in [3.63, 3.8) is 0 Å². The zero-order chi connectivity index (χ0) is 17.3. The fourth-order valence-corrected chi connectivity index (χ4v) is 3.06. The molecule has 24 heavy (non-hydrogen) atoms. The SMILES string of the molecule is Cc1cc(C)n(-c2ccccc2NC(=O)c2cc(Br)ccc2Cl)n1. The number of nitrogens with one attached hydrogen (secondary N) is 1. The molecule has 122 valence electrons. The lowest BCUT2D eigenvalue weighted by Gasteiger charge is -2.13. The number of hydrogen-bond acceptors (Lipinski definition) is 2. The van der Waals surface area contributed by atoms with Gasteiger partial charge in [-0.3, -0.25) is 4.79 Å². The van der Waals surface area contributed by atoms with Crippen LogP contribution in [0.2, 0.25) is 5.02 Å². The molecule has 0 radical (unpaired) electrons. The Hall–Kier alpha value is -2.11. The van der Waals surface area contributed by atoms with E-state index in [4.69, 9.17) is 11.6 Å². The summed E-state index contributed by atoms with van der Waals surface area (Å²) in [6.45, 7) is 3.91. The molecule has 1 heterocycles. The molecule has 0 saturated carbocycles. The Morgan fingerprint density at radius 2 is 1.92 bits per heavy atom. The van der Waals surface area contributed by atoms with Gasteiger partial charge in [0, 0.05) is 10.2 Å². The van der Waals surface area contributed by atoms with Crippen molar-refractivity contribution in [2.45, 2.75) is 13.8 Å². The Kier molecular flexibility index (Phi) is 4.73. The van der Waals surface area contributed by atoms with Gasteiger partial charge in [-0.05, 0) is 50.2 Å². The predicted octanol–water partition coefficient (Wildman–Crippen LogP) is 5.16. The van der Waals surface area contributed by atoms with E-state index in [2.05, 4.69) is 26.3 Å². The highest BCUT2D eigenvalue weighted by Crippen LogP contribution is 2.25. The fourth-order valence-electron chi connectivity index (χ4n) is 2.50. The number of nitrogens with zero attached hydrogens (tertiary/aromatic N) is 2. The minimum atomic E-state index is -0.268. The van der Waals surface area contributed by atoms with Crippen molar-refractivity contribution < 1.29 is 4.79 Å². The molecule has 6 heteroatoms. The second-order valence-corrected chi connectivity index (χ2v) is 6.76. The molecule has 1 amide bonds. The average Bonchev–Trinajstić information content (AvgIpc) is 2.88. The van der Waals surface area contributed by atoms with Crippen LogP contribution in [0.5, 0.6) is 0 Å². The maximum Gasteiger partial charge on any atom is 0.257 e. The zero-order valence-electron chi connectivity index (χ0n) is 13.2. The molecule has 4 nitrogen and oxygen atoms in total. The van der Waals surface area contributed by atoms with E-state index in [1.54, 1.807) is 18.2 Å². The quantitative estimate of drug-likeness (QED) is 0.655. The van der Waals surface area contributed by atoms with Crippen molar-refractivity contribution in [2.24, 2.45) is 0 Å². The van der Waals surface area contributed by atoms with Gasteiger partial charge in [0.2, 0.25) is 0 Å². The standard InChI is InChI=1S/C18H15BrClN3O/c1-11-9-12(2)23(22-11)17-6-4-3-5-16(17)21-18(24)14-10-13(19)7-8-15(14)20/h3-10H,1-2H3,(H,21,24). The Balaban J connectivity index is 1.98. The van der Waals surface area contributed by atoms with Crippen molar-refractivity contribution >= 4 is 39.1 Å². The fraction of sp³-hybridized carbons (Fsp3) is 0.111. The van der Waals surface area contributed by atoms with Crippen LogP contribution in [-0.4, -0.2) is 15.7 Å². The molecule has 0 aliphatic rings. The summed E-state index contributed by atoms with van der Waals surface area (Å²) < 4.78 is 2.61. The van der Waals surface area contributed by atoms with Crippen LogP contribution in [0, 0.1) is 13.8 Å². The average molecular weight is 405 g/mol. The van der Waals surface area contributed by atoms with Crippen LogP contribution >= 0.6 is 27.5 Å². The van der Waals surface area contributed by atoms with Gasteiger partial charge >= 0.3 is 0 Å². The van der Waals surface area contributed by atoms with E-state index in [9.17, 15) is 4.79 Å². The molecule has 0 spiro atoms. The first-order valence-electron chi connectivity index (χ1n) is 7.35. The smallest absolute Gasteiger partial charge is 0.257 e. The number of amides is 1. The number of anilines is 1. The van der Waals surface area contributed by atoms with Crippen LogP contribution in [0.25, 0.3) is 5.69 Å². The van der Waals surface area contributed by atoms with Crippen LogP contribution in [0.15, 0.2) is 53.0 Å². The Labute approximate surface area is 153 Å². The first kappa shape index (κ1) is 16.7. The number of para-hydroxylation sites is 2. The molecule has 3 rings (SSSR count). The normalized spacial score (nSPS) is 10.7. The number of benzene rings is 2. The van der Waals surface area contributed by atoms with Gasteiger partial charge in [-0.2, -0.15) is 5.10 Å². The van der Waals surface area contributed by atoms with Crippen LogP contribution in [-0.2, 0) is 0 Å². The van der Waals surface area contributed by atoms with E-state index in [0.717, 1.165) is 21.5 Å². The summed E-state index contributed by atoms with van der Waals surface area (Å²) in [7, 11) is 0. The molecule has 0 aliphatic heterocycles. The Bertz CT molecular complexity index is 920. The maximum atomic E-state index is 12.6. The predicted molar refractivity (Wildman–Crippen MR) is 100 cm³/mol. The number of carbonyl (C=O) groups excluding carboxylic acids is 1. The van der Waals surface area contributed by atoms with Crippen molar-refractivity contribution in [3.8, 4) is 5.69 Å². The van der Waals surface area contributed by atoms with E-state index in [0.29, 0.717) is 16.3 Å². The number of hydrogen-bond donors (Lipinski definition) is 1. The van der Waals surface area contributed by atoms with Gasteiger partial charge in [0.1, 0.15) is 0 Å². The second kappa shape index (κ2) is 6.79. The number of carbonyl (C=O) groups is 1. The van der Waals surface area contributed by atoms with Crippen molar-refractivity contribution in [1.82, 2.24) is 9.78 Å². The third-order valence-electron chi connectivity index (χ3n) is 3.56. The number of aromatic nitrogens is 2. The Morgan fingerprint density at radius 1 is 1.17 bits per heavy atom. The number of rotatable bonds is 3. The van der Waals surface area contributed by atoms with E-state index in [1.165, 1.54) is 0 Å². The second-order valence-electron chi connectivity index (χ2n) is 5.43. The van der Waals surface area contributed by atoms with E-state index in [1.807, 2.05) is 48.9 Å². The first-order chi connectivity index (χ1) is 11.5. The van der Waals surface area contributed by atoms with Crippen molar-refractivity contribution in [2.75, 3.05) is 5.32 Å². The van der Waals surface area contributed by atoms with Crippen molar-refractivity contribution in [3.05, 3.63) is 75.0 Å². The molecule has 0 fully saturated rings. The van der Waals surface area contributed by atoms with Crippen molar-refractivity contribution in [1.29, 1.82) is 0 Å². The largest absolute Gasteiger partial charge is 0.320 e. The van der Waals surface area contributed by atoms with E-state index in [-0.39, 0.29) is 5.91 Å². The van der Waals surface area contributed by atoms with Gasteiger partial charge < -0.3 is 5.32 Å². The molecular weight excluding hydrogens is 390 g/mol. The molecule has 0 bridgehead atoms. The van der Waals surface area contributed by atoms with Crippen LogP contribution in [0.4, 0.5) is 5.69 Å². The van der Waals surface area contributed by atoms with Crippen LogP contribution in [0.1, 0.15) is 21.7 Å². The topological polar surface area (TPSA) is 46.9 Å². The zero-order valence-corrected chi connectivity index (χ0v) is 15.5. The minimum Gasteiger partial charge on any atom is -0.320 e. The van der Waals surface area contributed by atoms with Gasteiger partial charge in [0.15, 0.2) is 0 Å². The lowest BCUT2D eigenvalue weighted by atomic mass is 10.2. The molecule has 0 aliphatic carbocycles. The summed E-state index contributed by atoms with van der Waals surface area (Å²) in [6.07, 6.45) is 0. The molecular formula is C18H15BrClN3O. The Morgan fingerprint density at radius 3 is 2.62 bits per heavy atom. The summed E-state index contributed by atoms with van der Waals surface area (Å²) in [5.74, 6) is -0.268. The monoisotopic (exact) mass is 403 g/mol. The van der Waals surface area contributed by atoms with Crippen LogP contribution < -0.4 is 5.32 Å². The highest BCUT2D eigenvalue weighted by atomic mass is 79.9. The molecule has 0 atom stereocenters. The van der Waals surface area contributed by atoms with Crippen LogP contribution in [0.3, 0.4) is 0 Å². The molecule has 0 saturated heterocycles. The van der Waals surface area contributed by atoms with Gasteiger partial charge in [-0.25, -0.2) is 4.68 Å². The van der Waals surface area contributed by atoms with E-state index >= 15 is 0 Å². The summed E-state index contributed by atoms with van der Waals surface area (Å²) in [4.78, 5) is 12.6. The maximum absolute atomic E-state index is 12.6. The van der Waals surface area contributed by atoms with Gasteiger partial charge in [-0.1, -0.05) is 39.7 Å². The highest BCUT2D eigenvalue weighted by Gasteiger charge is 2.15.